The Labute approximate surface area is 163 Å². The molecule has 0 amide bonds. The maximum atomic E-state index is 14.3. The zero-order valence-corrected chi connectivity index (χ0v) is 16.8. The monoisotopic (exact) mass is 377 g/mol. The van der Waals surface area contributed by atoms with Crippen molar-refractivity contribution in [2.24, 2.45) is 0 Å². The van der Waals surface area contributed by atoms with Crippen molar-refractivity contribution in [1.82, 2.24) is 5.09 Å². The summed E-state index contributed by atoms with van der Waals surface area (Å²) in [6, 6.07) is 30.3. The lowest BCUT2D eigenvalue weighted by atomic mass is 10.0. The summed E-state index contributed by atoms with van der Waals surface area (Å²) in [6.07, 6.45) is 4.14. The summed E-state index contributed by atoms with van der Waals surface area (Å²) in [5.74, 6) is 0. The third-order valence-electron chi connectivity index (χ3n) is 4.84. The highest BCUT2D eigenvalue weighted by Crippen LogP contribution is 2.40. The van der Waals surface area contributed by atoms with Crippen LogP contribution in [0, 0.1) is 0 Å². The molecule has 3 aromatic rings. The minimum atomic E-state index is -2.91. The van der Waals surface area contributed by atoms with Crippen LogP contribution in [-0.2, 0) is 11.0 Å². The molecule has 0 fully saturated rings. The Hall–Kier alpha value is -2.15. The minimum absolute atomic E-state index is 0.165. The van der Waals surface area contributed by atoms with Gasteiger partial charge in [-0.05, 0) is 42.7 Å². The van der Waals surface area contributed by atoms with E-state index in [0.29, 0.717) is 0 Å². The van der Waals surface area contributed by atoms with Gasteiger partial charge in [0.2, 0.25) is 7.29 Å². The van der Waals surface area contributed by atoms with Crippen LogP contribution in [0.2, 0.25) is 0 Å². The molecule has 0 saturated heterocycles. The quantitative estimate of drug-likeness (QED) is 0.512. The van der Waals surface area contributed by atoms with E-state index in [9.17, 15) is 4.57 Å². The van der Waals surface area contributed by atoms with Crippen LogP contribution < -0.4 is 15.7 Å². The standard InChI is InChI=1S/C24H28NOP/c1-2-3-15-22(20-21-13-7-4-8-14-21)25-27(26,23-16-9-5-10-17-23)24-18-11-6-12-19-24/h4-14,16-19,22H,2-3,15,20H2,1H3,(H,25,26)/t22-/m0/s1. The van der Waals surface area contributed by atoms with Gasteiger partial charge in [-0.25, -0.2) is 0 Å². The summed E-state index contributed by atoms with van der Waals surface area (Å²) in [4.78, 5) is 0. The molecule has 140 valence electrons. The van der Waals surface area contributed by atoms with Gasteiger partial charge in [0.1, 0.15) is 0 Å². The molecule has 3 aromatic carbocycles. The van der Waals surface area contributed by atoms with E-state index < -0.39 is 7.29 Å². The van der Waals surface area contributed by atoms with Gasteiger partial charge >= 0.3 is 0 Å². The first kappa shape index (κ1) is 19.6. The molecule has 0 aliphatic carbocycles. The van der Waals surface area contributed by atoms with Crippen molar-refractivity contribution in [3.8, 4) is 0 Å². The number of hydrogen-bond donors (Lipinski definition) is 1. The zero-order valence-electron chi connectivity index (χ0n) is 15.9. The molecule has 0 saturated carbocycles. The molecule has 0 heterocycles. The molecule has 0 unspecified atom stereocenters. The average molecular weight is 377 g/mol. The number of benzene rings is 3. The van der Waals surface area contributed by atoms with Crippen molar-refractivity contribution in [3.63, 3.8) is 0 Å². The second-order valence-corrected chi connectivity index (χ2v) is 9.45. The number of nitrogens with one attached hydrogen (secondary N) is 1. The molecule has 3 rings (SSSR count). The highest BCUT2D eigenvalue weighted by molar-refractivity contribution is 7.76. The Kier molecular flexibility index (Phi) is 7.04. The molecular formula is C24H28NOP. The van der Waals surface area contributed by atoms with Gasteiger partial charge in [-0.15, -0.1) is 0 Å². The van der Waals surface area contributed by atoms with E-state index in [1.54, 1.807) is 0 Å². The summed E-state index contributed by atoms with van der Waals surface area (Å²) in [5.41, 5.74) is 1.28. The van der Waals surface area contributed by atoms with Gasteiger partial charge in [-0.2, -0.15) is 0 Å². The fourth-order valence-corrected chi connectivity index (χ4v) is 5.91. The van der Waals surface area contributed by atoms with Crippen molar-refractivity contribution in [2.75, 3.05) is 0 Å². The van der Waals surface area contributed by atoms with E-state index in [-0.39, 0.29) is 6.04 Å². The molecule has 3 heteroatoms. The van der Waals surface area contributed by atoms with Gasteiger partial charge in [0, 0.05) is 16.7 Å². The number of unbranched alkanes of at least 4 members (excludes halogenated alkanes) is 1. The normalized spacial score (nSPS) is 12.6. The number of rotatable bonds is 9. The first-order valence-electron chi connectivity index (χ1n) is 9.75. The Balaban J connectivity index is 1.94. The lowest BCUT2D eigenvalue weighted by molar-refractivity contribution is 0.515. The van der Waals surface area contributed by atoms with E-state index in [0.717, 1.165) is 36.3 Å². The van der Waals surface area contributed by atoms with Gasteiger partial charge in [0.15, 0.2) is 0 Å². The van der Waals surface area contributed by atoms with Crippen LogP contribution in [0.15, 0.2) is 91.0 Å². The fraction of sp³-hybridized carbons (Fsp3) is 0.250. The van der Waals surface area contributed by atoms with Crippen molar-refractivity contribution in [2.45, 2.75) is 38.6 Å². The Morgan fingerprint density at radius 1 is 0.778 bits per heavy atom. The summed E-state index contributed by atoms with van der Waals surface area (Å²) in [5, 5.41) is 5.33. The first-order valence-corrected chi connectivity index (χ1v) is 11.5. The van der Waals surface area contributed by atoms with Crippen molar-refractivity contribution in [3.05, 3.63) is 96.6 Å². The molecule has 1 atom stereocenters. The Morgan fingerprint density at radius 2 is 1.26 bits per heavy atom. The first-order chi connectivity index (χ1) is 13.2. The zero-order chi connectivity index (χ0) is 19.0. The minimum Gasteiger partial charge on any atom is -0.297 e. The van der Waals surface area contributed by atoms with Gasteiger partial charge in [0.05, 0.1) is 0 Å². The van der Waals surface area contributed by atoms with Crippen molar-refractivity contribution >= 4 is 17.9 Å². The van der Waals surface area contributed by atoms with Gasteiger partial charge < -0.3 is 0 Å². The SMILES string of the molecule is CCCC[C@@H](Cc1ccccc1)NP(=O)(c1ccccc1)c1ccccc1. The number of hydrogen-bond acceptors (Lipinski definition) is 1. The summed E-state index contributed by atoms with van der Waals surface area (Å²) in [7, 11) is -2.91. The average Bonchev–Trinajstić information content (AvgIpc) is 2.74. The van der Waals surface area contributed by atoms with Gasteiger partial charge in [0.25, 0.3) is 0 Å². The maximum Gasteiger partial charge on any atom is 0.204 e. The molecular weight excluding hydrogens is 349 g/mol. The van der Waals surface area contributed by atoms with Gasteiger partial charge in [-0.3, -0.25) is 9.65 Å². The highest BCUT2D eigenvalue weighted by atomic mass is 31.2. The molecule has 0 bridgehead atoms. The molecule has 2 nitrogen and oxygen atoms in total. The van der Waals surface area contributed by atoms with Crippen LogP contribution in [-0.4, -0.2) is 6.04 Å². The molecule has 0 aromatic heterocycles. The second kappa shape index (κ2) is 9.69. The molecule has 0 radical (unpaired) electrons. The topological polar surface area (TPSA) is 29.1 Å². The van der Waals surface area contributed by atoms with Gasteiger partial charge in [-0.1, -0.05) is 86.5 Å². The molecule has 27 heavy (non-hydrogen) atoms. The molecule has 0 aliphatic heterocycles. The van der Waals surface area contributed by atoms with E-state index in [1.165, 1.54) is 5.56 Å². The summed E-state index contributed by atoms with van der Waals surface area (Å²) >= 11 is 0. The van der Waals surface area contributed by atoms with E-state index in [4.69, 9.17) is 0 Å². The van der Waals surface area contributed by atoms with Crippen LogP contribution in [0.1, 0.15) is 31.7 Å². The van der Waals surface area contributed by atoms with Crippen LogP contribution in [0.5, 0.6) is 0 Å². The van der Waals surface area contributed by atoms with Crippen molar-refractivity contribution in [1.29, 1.82) is 0 Å². The predicted molar refractivity (Wildman–Crippen MR) is 116 cm³/mol. The fourth-order valence-electron chi connectivity index (χ4n) is 3.39. The van der Waals surface area contributed by atoms with Crippen LogP contribution in [0.3, 0.4) is 0 Å². The van der Waals surface area contributed by atoms with Crippen LogP contribution in [0.4, 0.5) is 0 Å². The van der Waals surface area contributed by atoms with Crippen LogP contribution >= 0.6 is 7.29 Å². The molecule has 0 aliphatic rings. The summed E-state index contributed by atoms with van der Waals surface area (Å²) < 4.78 is 14.3. The lowest BCUT2D eigenvalue weighted by Crippen LogP contribution is -2.36. The third-order valence-corrected chi connectivity index (χ3v) is 7.61. The molecule has 0 spiro atoms. The van der Waals surface area contributed by atoms with Crippen LogP contribution in [0.25, 0.3) is 0 Å². The van der Waals surface area contributed by atoms with E-state index in [2.05, 4.69) is 36.3 Å². The maximum absolute atomic E-state index is 14.3. The predicted octanol–water partition coefficient (Wildman–Crippen LogP) is 5.31. The van der Waals surface area contributed by atoms with E-state index >= 15 is 0 Å². The Morgan fingerprint density at radius 3 is 1.74 bits per heavy atom. The third kappa shape index (κ3) is 5.19. The Bertz CT molecular complexity index is 806. The second-order valence-electron chi connectivity index (χ2n) is 6.94. The lowest BCUT2D eigenvalue weighted by Gasteiger charge is -2.27. The smallest absolute Gasteiger partial charge is 0.204 e. The van der Waals surface area contributed by atoms with E-state index in [1.807, 2.05) is 66.7 Å². The van der Waals surface area contributed by atoms with Crippen molar-refractivity contribution < 1.29 is 4.57 Å². The highest BCUT2D eigenvalue weighted by Gasteiger charge is 2.29. The summed E-state index contributed by atoms with van der Waals surface area (Å²) in [6.45, 7) is 2.20. The largest absolute Gasteiger partial charge is 0.297 e. The molecule has 1 N–H and O–H groups in total.